The number of fused-ring (bicyclic) bond motifs is 2. The number of hydrogen-bond donors (Lipinski definition) is 0. The van der Waals surface area contributed by atoms with E-state index in [1.807, 2.05) is 37.0 Å². The second-order valence-corrected chi connectivity index (χ2v) is 9.11. The third-order valence-corrected chi connectivity index (χ3v) is 6.26. The van der Waals surface area contributed by atoms with Crippen molar-refractivity contribution in [3.63, 3.8) is 0 Å². The second-order valence-electron chi connectivity index (χ2n) is 8.20. The quantitative estimate of drug-likeness (QED) is 0.717. The Morgan fingerprint density at radius 1 is 1.26 bits per heavy atom. The van der Waals surface area contributed by atoms with Crippen LogP contribution >= 0.6 is 11.3 Å². The van der Waals surface area contributed by atoms with E-state index >= 15 is 0 Å². The summed E-state index contributed by atoms with van der Waals surface area (Å²) in [6, 6.07) is 2.27. The molecule has 0 radical (unpaired) electrons. The number of likely N-dealkylation sites (tertiary alicyclic amines) is 1. The molecule has 2 spiro atoms. The first-order valence-electron chi connectivity index (χ1n) is 8.56. The second kappa shape index (κ2) is 4.96. The Balaban J connectivity index is 1.50. The van der Waals surface area contributed by atoms with Crippen molar-refractivity contribution in [1.82, 2.24) is 4.90 Å². The van der Waals surface area contributed by atoms with Crippen LogP contribution in [0.2, 0.25) is 0 Å². The summed E-state index contributed by atoms with van der Waals surface area (Å²) in [7, 11) is 0. The monoisotopic (exact) mass is 335 g/mol. The van der Waals surface area contributed by atoms with E-state index in [9.17, 15) is 4.79 Å². The maximum Gasteiger partial charge on any atom is 0.410 e. The minimum Gasteiger partial charge on any atom is -0.444 e. The number of hydrogen-bond acceptors (Lipinski definition) is 4. The van der Waals surface area contributed by atoms with Gasteiger partial charge in [0.15, 0.2) is 0 Å². The summed E-state index contributed by atoms with van der Waals surface area (Å²) in [6.07, 6.45) is 4.99. The maximum absolute atomic E-state index is 12.3. The molecular formula is C18H25NO3S. The number of amides is 1. The molecule has 1 saturated carbocycles. The minimum absolute atomic E-state index is 0.0994. The summed E-state index contributed by atoms with van der Waals surface area (Å²) in [5, 5.41) is 2.19. The Morgan fingerprint density at radius 3 is 2.57 bits per heavy atom. The zero-order valence-corrected chi connectivity index (χ0v) is 15.0. The molecule has 126 valence electrons. The first kappa shape index (κ1) is 15.5. The fourth-order valence-corrected chi connectivity index (χ4v) is 4.96. The lowest BCUT2D eigenvalue weighted by Crippen LogP contribution is -2.51. The van der Waals surface area contributed by atoms with Crippen LogP contribution in [0, 0.1) is 0 Å². The van der Waals surface area contributed by atoms with Crippen molar-refractivity contribution in [1.29, 1.82) is 0 Å². The third kappa shape index (κ3) is 2.78. The highest BCUT2D eigenvalue weighted by Crippen LogP contribution is 2.56. The third-order valence-electron chi connectivity index (χ3n) is 5.12. The molecule has 2 aliphatic heterocycles. The van der Waals surface area contributed by atoms with Gasteiger partial charge < -0.3 is 14.4 Å². The number of piperidine rings is 1. The van der Waals surface area contributed by atoms with Crippen molar-refractivity contribution in [2.75, 3.05) is 13.1 Å². The molecule has 1 amide bonds. The van der Waals surface area contributed by atoms with Gasteiger partial charge in [0.25, 0.3) is 0 Å². The number of rotatable bonds is 0. The van der Waals surface area contributed by atoms with Gasteiger partial charge in [0, 0.05) is 24.4 Å². The standard InChI is InChI=1S/C18H25NO3S/c1-16(2,3)21-15(20)19-9-7-18(8-10-19)14-13(4-11-23-14)12-17(22-18)5-6-17/h4,11H,5-10,12H2,1-3H3. The molecule has 0 bridgehead atoms. The van der Waals surface area contributed by atoms with Gasteiger partial charge in [-0.05, 0) is 63.5 Å². The zero-order valence-electron chi connectivity index (χ0n) is 14.2. The van der Waals surface area contributed by atoms with Gasteiger partial charge in [-0.25, -0.2) is 4.79 Å². The van der Waals surface area contributed by atoms with Crippen LogP contribution in [-0.2, 0) is 21.5 Å². The predicted molar refractivity (Wildman–Crippen MR) is 89.8 cm³/mol. The highest BCUT2D eigenvalue weighted by molar-refractivity contribution is 7.10. The highest BCUT2D eigenvalue weighted by atomic mass is 32.1. The van der Waals surface area contributed by atoms with Gasteiger partial charge in [-0.1, -0.05) is 0 Å². The van der Waals surface area contributed by atoms with E-state index < -0.39 is 5.60 Å². The van der Waals surface area contributed by atoms with Crippen LogP contribution in [0.4, 0.5) is 4.79 Å². The van der Waals surface area contributed by atoms with Crippen molar-refractivity contribution < 1.29 is 14.3 Å². The molecule has 1 aromatic rings. The van der Waals surface area contributed by atoms with E-state index in [0.717, 1.165) is 19.3 Å². The minimum atomic E-state index is -0.438. The van der Waals surface area contributed by atoms with Crippen LogP contribution in [0.25, 0.3) is 0 Å². The molecule has 1 aliphatic carbocycles. The van der Waals surface area contributed by atoms with E-state index in [2.05, 4.69) is 11.4 Å². The van der Waals surface area contributed by atoms with Crippen molar-refractivity contribution in [2.24, 2.45) is 0 Å². The summed E-state index contributed by atoms with van der Waals surface area (Å²) in [5.74, 6) is 0. The Morgan fingerprint density at radius 2 is 1.96 bits per heavy atom. The van der Waals surface area contributed by atoms with Crippen molar-refractivity contribution in [3.05, 3.63) is 21.9 Å². The highest BCUT2D eigenvalue weighted by Gasteiger charge is 2.56. The Kier molecular flexibility index (Phi) is 3.34. The predicted octanol–water partition coefficient (Wildman–Crippen LogP) is 4.08. The summed E-state index contributed by atoms with van der Waals surface area (Å²) in [5.41, 5.74) is 0.968. The van der Waals surface area contributed by atoms with Crippen molar-refractivity contribution in [3.8, 4) is 0 Å². The molecule has 0 atom stereocenters. The molecule has 2 fully saturated rings. The van der Waals surface area contributed by atoms with Crippen molar-refractivity contribution in [2.45, 2.75) is 69.7 Å². The lowest BCUT2D eigenvalue weighted by atomic mass is 9.83. The fourth-order valence-electron chi connectivity index (χ4n) is 3.84. The van der Waals surface area contributed by atoms with Crippen LogP contribution < -0.4 is 0 Å². The molecule has 23 heavy (non-hydrogen) atoms. The lowest BCUT2D eigenvalue weighted by molar-refractivity contribution is -0.148. The number of thiophene rings is 1. The molecule has 4 nitrogen and oxygen atoms in total. The number of carbonyl (C=O) groups is 1. The SMILES string of the molecule is CC(C)(C)OC(=O)N1CCC2(CC1)OC1(CC1)Cc1ccsc12. The molecule has 3 aliphatic rings. The van der Waals surface area contributed by atoms with Gasteiger partial charge in [-0.15, -0.1) is 11.3 Å². The zero-order chi connectivity index (χ0) is 16.3. The lowest BCUT2D eigenvalue weighted by Gasteiger charge is -2.46. The van der Waals surface area contributed by atoms with Crippen molar-refractivity contribution >= 4 is 17.4 Å². The van der Waals surface area contributed by atoms with Gasteiger partial charge in [0.1, 0.15) is 11.2 Å². The first-order chi connectivity index (χ1) is 10.8. The molecule has 1 saturated heterocycles. The van der Waals surface area contributed by atoms with Gasteiger partial charge >= 0.3 is 6.09 Å². The number of carbonyl (C=O) groups excluding carboxylic acids is 1. The molecule has 1 aromatic heterocycles. The topological polar surface area (TPSA) is 38.8 Å². The Hall–Kier alpha value is -1.07. The van der Waals surface area contributed by atoms with Crippen LogP contribution in [0.5, 0.6) is 0 Å². The average Bonchev–Trinajstić information content (AvgIpc) is 3.01. The summed E-state index contributed by atoms with van der Waals surface area (Å²) in [6.45, 7) is 7.16. The molecule has 0 aromatic carbocycles. The van der Waals surface area contributed by atoms with Gasteiger partial charge in [0.05, 0.1) is 5.60 Å². The van der Waals surface area contributed by atoms with Crippen LogP contribution in [-0.4, -0.2) is 35.3 Å². The summed E-state index contributed by atoms with van der Waals surface area (Å²) in [4.78, 5) is 15.5. The normalized spacial score (nSPS) is 24.6. The average molecular weight is 335 g/mol. The number of ether oxygens (including phenoxy) is 2. The van der Waals surface area contributed by atoms with Crippen LogP contribution in [0.3, 0.4) is 0 Å². The smallest absolute Gasteiger partial charge is 0.410 e. The molecule has 5 heteroatoms. The Bertz CT molecular complexity index is 618. The van der Waals surface area contributed by atoms with Crippen LogP contribution in [0.1, 0.15) is 56.9 Å². The Labute approximate surface area is 141 Å². The molecule has 0 unspecified atom stereocenters. The molecular weight excluding hydrogens is 310 g/mol. The first-order valence-corrected chi connectivity index (χ1v) is 9.44. The van der Waals surface area contributed by atoms with E-state index in [1.165, 1.54) is 23.3 Å². The fraction of sp³-hybridized carbons (Fsp3) is 0.722. The van der Waals surface area contributed by atoms with E-state index in [-0.39, 0.29) is 17.3 Å². The van der Waals surface area contributed by atoms with E-state index in [1.54, 1.807) is 0 Å². The molecule has 4 rings (SSSR count). The summed E-state index contributed by atoms with van der Waals surface area (Å²) < 4.78 is 12.2. The van der Waals surface area contributed by atoms with Gasteiger partial charge in [-0.3, -0.25) is 0 Å². The molecule has 0 N–H and O–H groups in total. The van der Waals surface area contributed by atoms with E-state index in [4.69, 9.17) is 9.47 Å². The summed E-state index contributed by atoms with van der Waals surface area (Å²) >= 11 is 1.82. The van der Waals surface area contributed by atoms with E-state index in [0.29, 0.717) is 13.1 Å². The maximum atomic E-state index is 12.3. The van der Waals surface area contributed by atoms with Crippen LogP contribution in [0.15, 0.2) is 11.4 Å². The van der Waals surface area contributed by atoms with Gasteiger partial charge in [0.2, 0.25) is 0 Å². The van der Waals surface area contributed by atoms with Gasteiger partial charge in [-0.2, -0.15) is 0 Å². The molecule has 3 heterocycles. The largest absolute Gasteiger partial charge is 0.444 e. The number of nitrogens with zero attached hydrogens (tertiary/aromatic N) is 1.